The monoisotopic (exact) mass is 928 g/mol. The Morgan fingerprint density at radius 1 is 0.439 bits per heavy atom. The van der Waals surface area contributed by atoms with E-state index < -0.39 is 0 Å². The highest BCUT2D eigenvalue weighted by atomic mass is 16.5. The summed E-state index contributed by atoms with van der Waals surface area (Å²) in [6, 6.07) is 0.670. The number of ether oxygens (including phenoxy) is 2. The summed E-state index contributed by atoms with van der Waals surface area (Å²) in [6.07, 6.45) is 56.1. The lowest BCUT2D eigenvalue weighted by molar-refractivity contribution is -0.146. The molecule has 0 aromatic carbocycles. The molecule has 66 heavy (non-hydrogen) atoms. The lowest BCUT2D eigenvalue weighted by atomic mass is 9.96. The Hall–Kier alpha value is -1.89. The maximum atomic E-state index is 12.6. The molecule has 7 nitrogen and oxygen atoms in total. The lowest BCUT2D eigenvalue weighted by Crippen LogP contribution is -2.37. The van der Waals surface area contributed by atoms with E-state index in [1.54, 1.807) is 0 Å². The van der Waals surface area contributed by atoms with Crippen LogP contribution < -0.4 is 0 Å². The van der Waals surface area contributed by atoms with Crippen LogP contribution in [0.2, 0.25) is 0 Å². The van der Waals surface area contributed by atoms with Gasteiger partial charge in [0.2, 0.25) is 0 Å². The van der Waals surface area contributed by atoms with Gasteiger partial charge in [-0.3, -0.25) is 9.59 Å². The van der Waals surface area contributed by atoms with Gasteiger partial charge in [-0.1, -0.05) is 214 Å². The predicted molar refractivity (Wildman–Crippen MR) is 284 cm³/mol. The minimum atomic E-state index is 0.0218. The van der Waals surface area contributed by atoms with Gasteiger partial charge in [0.25, 0.3) is 0 Å². The highest BCUT2D eigenvalue weighted by Gasteiger charge is 2.19. The molecular weight excluding hydrogens is 815 g/mol. The standard InChI is InChI=1S/C59H113N3O4/c1-6-11-16-19-24-29-36-49-62(50-38-37-48-61-51-47-60-54-61)57(43-32-25-20-22-27-34-45-58(63)65-52-55(39-14-9-4)41-30-17-12-7-2)44-33-26-21-23-28-35-46-59(64)66-53-56(40-15-10-5)42-31-18-13-8-3/h47,51,54-57H,6-46,48-50,52-53H2,1-5H3. The number of unbranched alkanes of at least 4 members (excludes halogenated alkanes) is 25. The first kappa shape index (κ1) is 62.1. The van der Waals surface area contributed by atoms with E-state index in [0.29, 0.717) is 43.9 Å². The van der Waals surface area contributed by atoms with Crippen LogP contribution in [0.3, 0.4) is 0 Å². The zero-order valence-corrected chi connectivity index (χ0v) is 45.0. The van der Waals surface area contributed by atoms with Crippen molar-refractivity contribution in [1.82, 2.24) is 14.5 Å². The van der Waals surface area contributed by atoms with E-state index in [1.807, 2.05) is 12.5 Å². The average molecular weight is 929 g/mol. The van der Waals surface area contributed by atoms with Crippen molar-refractivity contribution in [1.29, 1.82) is 0 Å². The van der Waals surface area contributed by atoms with Gasteiger partial charge < -0.3 is 18.9 Å². The maximum Gasteiger partial charge on any atom is 0.305 e. The fourth-order valence-electron chi connectivity index (χ4n) is 9.89. The Morgan fingerprint density at radius 2 is 0.803 bits per heavy atom. The first-order valence-electron chi connectivity index (χ1n) is 29.5. The third-order valence-corrected chi connectivity index (χ3v) is 14.4. The Morgan fingerprint density at radius 3 is 1.24 bits per heavy atom. The molecule has 1 rings (SSSR count). The van der Waals surface area contributed by atoms with E-state index in [0.717, 1.165) is 32.2 Å². The van der Waals surface area contributed by atoms with Crippen LogP contribution in [-0.2, 0) is 25.6 Å². The minimum absolute atomic E-state index is 0.0218. The average Bonchev–Trinajstić information content (AvgIpc) is 3.85. The summed E-state index contributed by atoms with van der Waals surface area (Å²) in [5.41, 5.74) is 0. The second-order valence-corrected chi connectivity index (χ2v) is 20.7. The number of carbonyl (C=O) groups is 2. The summed E-state index contributed by atoms with van der Waals surface area (Å²) in [7, 11) is 0. The van der Waals surface area contributed by atoms with Crippen LogP contribution in [0.5, 0.6) is 0 Å². The van der Waals surface area contributed by atoms with E-state index in [2.05, 4.69) is 55.3 Å². The van der Waals surface area contributed by atoms with Gasteiger partial charge in [0.05, 0.1) is 19.5 Å². The Bertz CT molecular complexity index is 1090. The van der Waals surface area contributed by atoms with E-state index >= 15 is 0 Å². The van der Waals surface area contributed by atoms with Gasteiger partial charge in [-0.25, -0.2) is 4.98 Å². The molecule has 0 aliphatic carbocycles. The number of nitrogens with zero attached hydrogens (tertiary/aromatic N) is 3. The molecule has 0 spiro atoms. The number of imidazole rings is 1. The summed E-state index contributed by atoms with van der Waals surface area (Å²) in [5.74, 6) is 1.13. The fraction of sp³-hybridized carbons (Fsp3) is 0.915. The molecule has 0 bridgehead atoms. The highest BCUT2D eigenvalue weighted by Crippen LogP contribution is 2.23. The van der Waals surface area contributed by atoms with E-state index in [-0.39, 0.29) is 11.9 Å². The van der Waals surface area contributed by atoms with Crippen LogP contribution >= 0.6 is 0 Å². The third kappa shape index (κ3) is 39.0. The summed E-state index contributed by atoms with van der Waals surface area (Å²) in [4.78, 5) is 32.4. The Kier molecular flexibility index (Phi) is 45.3. The molecule has 1 aromatic rings. The van der Waals surface area contributed by atoms with E-state index in [1.165, 1.54) is 238 Å². The Balaban J connectivity index is 2.59. The summed E-state index contributed by atoms with van der Waals surface area (Å²) >= 11 is 0. The van der Waals surface area contributed by atoms with E-state index in [4.69, 9.17) is 9.47 Å². The number of aromatic nitrogens is 2. The molecule has 0 aliphatic heterocycles. The fourth-order valence-corrected chi connectivity index (χ4v) is 9.89. The normalized spacial score (nSPS) is 13.1. The van der Waals surface area contributed by atoms with Crippen molar-refractivity contribution in [2.75, 3.05) is 26.3 Å². The molecule has 0 aliphatic rings. The lowest BCUT2D eigenvalue weighted by Gasteiger charge is -2.32. The van der Waals surface area contributed by atoms with Crippen molar-refractivity contribution in [2.45, 2.75) is 310 Å². The number of rotatable bonds is 52. The molecule has 7 heteroatoms. The Labute approximate surface area is 411 Å². The van der Waals surface area contributed by atoms with Crippen LogP contribution in [0, 0.1) is 11.8 Å². The van der Waals surface area contributed by atoms with Crippen molar-refractivity contribution in [3.63, 3.8) is 0 Å². The zero-order valence-electron chi connectivity index (χ0n) is 45.0. The van der Waals surface area contributed by atoms with Gasteiger partial charge in [-0.15, -0.1) is 0 Å². The summed E-state index contributed by atoms with van der Waals surface area (Å²) < 4.78 is 13.8. The van der Waals surface area contributed by atoms with E-state index in [9.17, 15) is 9.59 Å². The summed E-state index contributed by atoms with van der Waals surface area (Å²) in [6.45, 7) is 16.1. The largest absolute Gasteiger partial charge is 0.465 e. The van der Waals surface area contributed by atoms with Crippen LogP contribution in [0.15, 0.2) is 18.7 Å². The third-order valence-electron chi connectivity index (χ3n) is 14.4. The van der Waals surface area contributed by atoms with Crippen LogP contribution in [-0.4, -0.2) is 58.7 Å². The van der Waals surface area contributed by atoms with Gasteiger partial charge in [-0.2, -0.15) is 0 Å². The molecule has 0 N–H and O–H groups in total. The topological polar surface area (TPSA) is 73.7 Å². The molecule has 0 radical (unpaired) electrons. The molecule has 1 aromatic heterocycles. The zero-order chi connectivity index (χ0) is 47.8. The van der Waals surface area contributed by atoms with Crippen LogP contribution in [0.4, 0.5) is 0 Å². The summed E-state index contributed by atoms with van der Waals surface area (Å²) in [5, 5.41) is 0. The maximum absolute atomic E-state index is 12.6. The van der Waals surface area contributed by atoms with Crippen LogP contribution in [0.25, 0.3) is 0 Å². The molecular formula is C59H113N3O4. The highest BCUT2D eigenvalue weighted by molar-refractivity contribution is 5.69. The number of aryl methyl sites for hydroxylation is 1. The quantitative estimate of drug-likeness (QED) is 0.0479. The van der Waals surface area contributed by atoms with Crippen LogP contribution in [0.1, 0.15) is 298 Å². The van der Waals surface area contributed by atoms with Crippen molar-refractivity contribution in [3.05, 3.63) is 18.7 Å². The van der Waals surface area contributed by atoms with Crippen molar-refractivity contribution in [3.8, 4) is 0 Å². The van der Waals surface area contributed by atoms with Crippen molar-refractivity contribution in [2.24, 2.45) is 11.8 Å². The number of carbonyl (C=O) groups excluding carboxylic acids is 2. The van der Waals surface area contributed by atoms with Gasteiger partial charge in [0.1, 0.15) is 0 Å². The number of hydrogen-bond donors (Lipinski definition) is 0. The molecule has 2 atom stereocenters. The van der Waals surface area contributed by atoms with Crippen molar-refractivity contribution >= 4 is 11.9 Å². The number of hydrogen-bond acceptors (Lipinski definition) is 6. The second kappa shape index (κ2) is 48.1. The van der Waals surface area contributed by atoms with Crippen molar-refractivity contribution < 1.29 is 19.1 Å². The first-order valence-corrected chi connectivity index (χ1v) is 29.5. The SMILES string of the molecule is CCCCCCCCCN(CCCCn1ccnc1)C(CCCCCCCCC(=O)OCC(CCCC)CCCCCC)CCCCCCCCC(=O)OCC(CCCC)CCCCCC. The minimum Gasteiger partial charge on any atom is -0.465 e. The molecule has 2 unspecified atom stereocenters. The predicted octanol–water partition coefficient (Wildman–Crippen LogP) is 18.0. The van der Waals surface area contributed by atoms with Gasteiger partial charge in [-0.05, 0) is 95.6 Å². The van der Waals surface area contributed by atoms with Gasteiger partial charge in [0.15, 0.2) is 0 Å². The first-order chi connectivity index (χ1) is 32.5. The molecule has 388 valence electrons. The molecule has 0 saturated heterocycles. The second-order valence-electron chi connectivity index (χ2n) is 20.7. The number of esters is 2. The van der Waals surface area contributed by atoms with Gasteiger partial charge in [0, 0.05) is 37.8 Å². The molecule has 0 amide bonds. The molecule has 0 fully saturated rings. The molecule has 1 heterocycles. The smallest absolute Gasteiger partial charge is 0.305 e. The van der Waals surface area contributed by atoms with Gasteiger partial charge >= 0.3 is 11.9 Å². The molecule has 0 saturated carbocycles.